The first kappa shape index (κ1) is 17.3. The molecule has 2 aromatic carbocycles. The molecule has 0 atom stereocenters. The van der Waals surface area contributed by atoms with Crippen LogP contribution in [0.5, 0.6) is 0 Å². The Morgan fingerprint density at radius 2 is 1.76 bits per heavy atom. The minimum absolute atomic E-state index is 0.0345. The van der Waals surface area contributed by atoms with E-state index in [0.29, 0.717) is 16.3 Å². The van der Waals surface area contributed by atoms with Gasteiger partial charge in [-0.2, -0.15) is 0 Å². The molecule has 0 saturated carbocycles. The average molecular weight is 376 g/mol. The predicted octanol–water partition coefficient (Wildman–Crippen LogP) is 3.09. The fourth-order valence-electron chi connectivity index (χ4n) is 2.21. The molecule has 0 fully saturated rings. The fraction of sp³-hybridized carbons (Fsp3) is 0.0588. The molecule has 2 N–H and O–H groups in total. The lowest BCUT2D eigenvalue weighted by molar-refractivity contribution is 0.282. The van der Waals surface area contributed by atoms with Gasteiger partial charge in [0.2, 0.25) is 0 Å². The molecule has 3 aromatic rings. The van der Waals surface area contributed by atoms with Crippen LogP contribution in [0.4, 0.5) is 5.82 Å². The summed E-state index contributed by atoms with van der Waals surface area (Å²) >= 11 is 5.87. The quantitative estimate of drug-likeness (QED) is 0.714. The first-order valence-corrected chi connectivity index (χ1v) is 9.15. The minimum Gasteiger partial charge on any atom is -0.392 e. The second-order valence-corrected chi connectivity index (χ2v) is 7.29. The Bertz CT molecular complexity index is 992. The summed E-state index contributed by atoms with van der Waals surface area (Å²) in [6, 6.07) is 12.9. The molecule has 0 saturated heterocycles. The Morgan fingerprint density at radius 1 is 1.04 bits per heavy atom. The molecule has 0 aliphatic carbocycles. The topological polar surface area (TPSA) is 92.2 Å². The Hall–Kier alpha value is -2.48. The summed E-state index contributed by atoms with van der Waals surface area (Å²) in [5.74, 6) is 0.110. The van der Waals surface area contributed by atoms with Gasteiger partial charge >= 0.3 is 0 Å². The van der Waals surface area contributed by atoms with Crippen LogP contribution in [0.3, 0.4) is 0 Å². The first-order valence-electron chi connectivity index (χ1n) is 7.29. The van der Waals surface area contributed by atoms with E-state index in [4.69, 9.17) is 16.7 Å². The molecule has 25 heavy (non-hydrogen) atoms. The maximum atomic E-state index is 12.6. The van der Waals surface area contributed by atoms with Crippen LogP contribution in [0.25, 0.3) is 11.3 Å². The summed E-state index contributed by atoms with van der Waals surface area (Å²) in [6.45, 7) is -0.0744. The molecule has 0 amide bonds. The molecule has 0 unspecified atom stereocenters. The average Bonchev–Trinajstić information content (AvgIpc) is 2.62. The van der Waals surface area contributed by atoms with Gasteiger partial charge in [-0.15, -0.1) is 0 Å². The first-order chi connectivity index (χ1) is 12.0. The van der Waals surface area contributed by atoms with E-state index in [9.17, 15) is 8.42 Å². The van der Waals surface area contributed by atoms with Crippen molar-refractivity contribution in [2.24, 2.45) is 0 Å². The van der Waals surface area contributed by atoms with E-state index in [-0.39, 0.29) is 17.3 Å². The highest BCUT2D eigenvalue weighted by Gasteiger charge is 2.18. The van der Waals surface area contributed by atoms with Crippen LogP contribution in [0.2, 0.25) is 5.02 Å². The number of hydrogen-bond donors (Lipinski definition) is 2. The van der Waals surface area contributed by atoms with Crippen LogP contribution in [0.15, 0.2) is 65.8 Å². The molecule has 0 aliphatic heterocycles. The van der Waals surface area contributed by atoms with Crippen molar-refractivity contribution in [2.45, 2.75) is 11.5 Å². The molecular weight excluding hydrogens is 362 g/mol. The molecule has 1 aromatic heterocycles. The smallest absolute Gasteiger partial charge is 0.263 e. The largest absolute Gasteiger partial charge is 0.392 e. The number of hydrogen-bond acceptors (Lipinski definition) is 5. The van der Waals surface area contributed by atoms with Crippen molar-refractivity contribution in [1.82, 2.24) is 9.97 Å². The van der Waals surface area contributed by atoms with Crippen molar-refractivity contribution in [3.8, 4) is 11.3 Å². The van der Waals surface area contributed by atoms with Gasteiger partial charge in [-0.1, -0.05) is 41.9 Å². The number of nitrogens with zero attached hydrogens (tertiary/aromatic N) is 2. The second-order valence-electron chi connectivity index (χ2n) is 5.17. The summed E-state index contributed by atoms with van der Waals surface area (Å²) in [6.07, 6.45) is 2.88. The molecule has 0 aliphatic rings. The van der Waals surface area contributed by atoms with Crippen molar-refractivity contribution in [3.05, 3.63) is 71.5 Å². The molecule has 0 bridgehead atoms. The van der Waals surface area contributed by atoms with E-state index in [0.717, 1.165) is 5.56 Å². The standard InChI is InChI=1S/C17H14ClN3O3S/c18-14-2-1-3-15(10-14)25(23,24)21-17-16(19-8-9-20-17)13-6-4-12(11-22)5-7-13/h1-10,22H,11H2,(H,20,21). The maximum Gasteiger partial charge on any atom is 0.263 e. The van der Waals surface area contributed by atoms with Crippen LogP contribution < -0.4 is 4.72 Å². The molecule has 8 heteroatoms. The second kappa shape index (κ2) is 7.18. The Labute approximate surface area is 150 Å². The number of benzene rings is 2. The molecule has 6 nitrogen and oxygen atoms in total. The summed E-state index contributed by atoms with van der Waals surface area (Å²) in [5.41, 5.74) is 1.81. The SMILES string of the molecule is O=S(=O)(Nc1nccnc1-c1ccc(CO)cc1)c1cccc(Cl)c1. The summed E-state index contributed by atoms with van der Waals surface area (Å²) in [5, 5.41) is 9.45. The highest BCUT2D eigenvalue weighted by atomic mass is 35.5. The highest BCUT2D eigenvalue weighted by molar-refractivity contribution is 7.92. The predicted molar refractivity (Wildman–Crippen MR) is 95.7 cm³/mol. The van der Waals surface area contributed by atoms with Crippen LogP contribution in [0.1, 0.15) is 5.56 Å². The number of aliphatic hydroxyl groups excluding tert-OH is 1. The van der Waals surface area contributed by atoms with E-state index in [2.05, 4.69) is 14.7 Å². The minimum atomic E-state index is -3.86. The number of rotatable bonds is 5. The number of aliphatic hydroxyl groups is 1. The molecule has 3 rings (SSSR count). The zero-order valence-electron chi connectivity index (χ0n) is 12.9. The van der Waals surface area contributed by atoms with Gasteiger partial charge in [-0.05, 0) is 23.8 Å². The van der Waals surface area contributed by atoms with Gasteiger partial charge in [0.05, 0.1) is 11.5 Å². The van der Waals surface area contributed by atoms with Gasteiger partial charge in [-0.3, -0.25) is 9.71 Å². The monoisotopic (exact) mass is 375 g/mol. The number of aromatic nitrogens is 2. The van der Waals surface area contributed by atoms with Gasteiger partial charge in [0.1, 0.15) is 5.69 Å². The van der Waals surface area contributed by atoms with E-state index >= 15 is 0 Å². The van der Waals surface area contributed by atoms with Crippen molar-refractivity contribution in [3.63, 3.8) is 0 Å². The molecule has 128 valence electrons. The van der Waals surface area contributed by atoms with E-state index in [1.165, 1.54) is 24.5 Å². The number of nitrogens with one attached hydrogen (secondary N) is 1. The van der Waals surface area contributed by atoms with Crippen LogP contribution in [-0.2, 0) is 16.6 Å². The van der Waals surface area contributed by atoms with E-state index in [1.54, 1.807) is 36.4 Å². The molecule has 1 heterocycles. The Kier molecular flexibility index (Phi) is 4.98. The summed E-state index contributed by atoms with van der Waals surface area (Å²) < 4.78 is 27.6. The zero-order valence-corrected chi connectivity index (χ0v) is 14.5. The number of anilines is 1. The van der Waals surface area contributed by atoms with Gasteiger partial charge in [0, 0.05) is 23.0 Å². The van der Waals surface area contributed by atoms with Crippen LogP contribution >= 0.6 is 11.6 Å². The van der Waals surface area contributed by atoms with Crippen LogP contribution in [0, 0.1) is 0 Å². The highest BCUT2D eigenvalue weighted by Crippen LogP contribution is 2.26. The number of halogens is 1. The van der Waals surface area contributed by atoms with Gasteiger partial charge in [0.25, 0.3) is 10.0 Å². The molecule has 0 spiro atoms. The lowest BCUT2D eigenvalue weighted by atomic mass is 10.1. The van der Waals surface area contributed by atoms with E-state index < -0.39 is 10.0 Å². The third-order valence-electron chi connectivity index (χ3n) is 3.45. The van der Waals surface area contributed by atoms with Crippen molar-refractivity contribution in [1.29, 1.82) is 0 Å². The van der Waals surface area contributed by atoms with Crippen LogP contribution in [-0.4, -0.2) is 23.5 Å². The Morgan fingerprint density at radius 3 is 2.44 bits per heavy atom. The lowest BCUT2D eigenvalue weighted by Gasteiger charge is -2.11. The molecular formula is C17H14ClN3O3S. The fourth-order valence-corrected chi connectivity index (χ4v) is 3.53. The van der Waals surface area contributed by atoms with Gasteiger partial charge in [0.15, 0.2) is 5.82 Å². The van der Waals surface area contributed by atoms with Gasteiger partial charge in [-0.25, -0.2) is 13.4 Å². The molecule has 0 radical (unpaired) electrons. The van der Waals surface area contributed by atoms with E-state index in [1.807, 2.05) is 0 Å². The lowest BCUT2D eigenvalue weighted by Crippen LogP contribution is -2.15. The maximum absolute atomic E-state index is 12.6. The third kappa shape index (κ3) is 3.96. The summed E-state index contributed by atoms with van der Waals surface area (Å²) in [7, 11) is -3.86. The Balaban J connectivity index is 1.98. The van der Waals surface area contributed by atoms with Gasteiger partial charge < -0.3 is 5.11 Å². The third-order valence-corrected chi connectivity index (χ3v) is 5.02. The zero-order chi connectivity index (χ0) is 17.9. The van der Waals surface area contributed by atoms with Crippen molar-refractivity contribution < 1.29 is 13.5 Å². The normalized spacial score (nSPS) is 11.3. The van der Waals surface area contributed by atoms with Crippen molar-refractivity contribution in [2.75, 3.05) is 4.72 Å². The number of sulfonamides is 1. The van der Waals surface area contributed by atoms with Crippen molar-refractivity contribution >= 4 is 27.4 Å². The summed E-state index contributed by atoms with van der Waals surface area (Å²) in [4.78, 5) is 8.35.